The number of hydrogen-bond acceptors (Lipinski definition) is 5. The highest BCUT2D eigenvalue weighted by atomic mass is 16.5. The number of hydrogen-bond donors (Lipinski definition) is 1. The highest BCUT2D eigenvalue weighted by Crippen LogP contribution is 2.15. The minimum atomic E-state index is -0.256. The van der Waals surface area contributed by atoms with Crippen molar-refractivity contribution < 1.29 is 14.3 Å². The lowest BCUT2D eigenvalue weighted by Crippen LogP contribution is -2.35. The summed E-state index contributed by atoms with van der Waals surface area (Å²) in [6.07, 6.45) is 0.429. The first-order valence-electron chi connectivity index (χ1n) is 11.1. The number of rotatable bonds is 9. The van der Waals surface area contributed by atoms with Gasteiger partial charge >= 0.3 is 0 Å². The van der Waals surface area contributed by atoms with Gasteiger partial charge in [-0.05, 0) is 42.0 Å². The van der Waals surface area contributed by atoms with Crippen LogP contribution < -0.4 is 10.3 Å². The lowest BCUT2D eigenvalue weighted by molar-refractivity contribution is -0.134. The summed E-state index contributed by atoms with van der Waals surface area (Å²) < 4.78 is 5.69. The van der Waals surface area contributed by atoms with Crippen LogP contribution in [0.4, 0.5) is 0 Å². The smallest absolute Gasteiger partial charge is 0.261 e. The van der Waals surface area contributed by atoms with Crippen LogP contribution in [0.15, 0.2) is 83.7 Å². The van der Waals surface area contributed by atoms with Gasteiger partial charge in [0.2, 0.25) is 0 Å². The largest absolute Gasteiger partial charge is 0.484 e. The molecule has 0 aliphatic carbocycles. The minimum Gasteiger partial charge on any atom is -0.484 e. The number of para-hydroxylation sites is 1. The molecule has 0 saturated carbocycles. The molecular weight excluding hydrogens is 430 g/mol. The number of aromatic nitrogens is 2. The van der Waals surface area contributed by atoms with Crippen molar-refractivity contribution in [1.29, 1.82) is 0 Å². The Morgan fingerprint density at radius 1 is 0.912 bits per heavy atom. The van der Waals surface area contributed by atoms with Crippen LogP contribution in [-0.4, -0.2) is 33.2 Å². The van der Waals surface area contributed by atoms with Gasteiger partial charge in [0.05, 0.1) is 17.4 Å². The third-order valence-corrected chi connectivity index (χ3v) is 5.43. The number of carbonyl (C=O) groups is 2. The number of nitrogens with one attached hydrogen (secondary N) is 1. The average Bonchev–Trinajstić information content (AvgIpc) is 2.87. The Kier molecular flexibility index (Phi) is 7.13. The van der Waals surface area contributed by atoms with E-state index in [-0.39, 0.29) is 30.4 Å². The second-order valence-corrected chi connectivity index (χ2v) is 7.85. The van der Waals surface area contributed by atoms with E-state index < -0.39 is 0 Å². The van der Waals surface area contributed by atoms with Gasteiger partial charge in [-0.15, -0.1) is 0 Å². The number of benzene rings is 3. The molecular formula is C27H25N3O4. The highest BCUT2D eigenvalue weighted by molar-refractivity contribution is 5.95. The lowest BCUT2D eigenvalue weighted by atomic mass is 10.1. The van der Waals surface area contributed by atoms with Crippen molar-refractivity contribution in [2.24, 2.45) is 0 Å². The molecule has 1 N–H and O–H groups in total. The van der Waals surface area contributed by atoms with Crippen molar-refractivity contribution in [3.8, 4) is 5.75 Å². The molecule has 0 unspecified atom stereocenters. The quantitative estimate of drug-likeness (QED) is 0.383. The van der Waals surface area contributed by atoms with E-state index in [9.17, 15) is 14.4 Å². The Hall–Kier alpha value is -4.26. The number of fused-ring (bicyclic) bond motifs is 1. The molecule has 4 aromatic rings. The molecule has 0 bridgehead atoms. The van der Waals surface area contributed by atoms with E-state index in [1.807, 2.05) is 43.3 Å². The highest BCUT2D eigenvalue weighted by Gasteiger charge is 2.17. The fraction of sp³-hybridized carbons (Fsp3) is 0.185. The van der Waals surface area contributed by atoms with Gasteiger partial charge in [-0.25, -0.2) is 4.98 Å². The van der Waals surface area contributed by atoms with Gasteiger partial charge in [0, 0.05) is 18.5 Å². The van der Waals surface area contributed by atoms with Gasteiger partial charge in [-0.1, -0.05) is 49.4 Å². The molecule has 1 amide bonds. The number of Topliss-reactive ketones (excluding diaryl/α,β-unsaturated/α-hetero) is 1. The van der Waals surface area contributed by atoms with Gasteiger partial charge in [0.25, 0.3) is 11.5 Å². The third kappa shape index (κ3) is 5.56. The van der Waals surface area contributed by atoms with E-state index in [0.29, 0.717) is 41.0 Å². The summed E-state index contributed by atoms with van der Waals surface area (Å²) in [4.78, 5) is 46.3. The number of ether oxygens (including phenoxy) is 1. The molecule has 7 heteroatoms. The molecule has 4 rings (SSSR count). The molecule has 1 heterocycles. The summed E-state index contributed by atoms with van der Waals surface area (Å²) in [7, 11) is 0. The lowest BCUT2D eigenvalue weighted by Gasteiger charge is -2.22. The molecule has 0 aliphatic heterocycles. The van der Waals surface area contributed by atoms with Crippen LogP contribution in [0, 0.1) is 0 Å². The van der Waals surface area contributed by atoms with E-state index in [1.54, 1.807) is 47.4 Å². The second kappa shape index (κ2) is 10.6. The van der Waals surface area contributed by atoms with Crippen LogP contribution in [0.1, 0.15) is 35.1 Å². The molecule has 0 radical (unpaired) electrons. The summed E-state index contributed by atoms with van der Waals surface area (Å²) in [5, 5.41) is 0.500. The molecule has 1 aromatic heterocycles. The number of amides is 1. The summed E-state index contributed by atoms with van der Waals surface area (Å²) in [5.74, 6) is 0.690. The van der Waals surface area contributed by atoms with Crippen LogP contribution in [-0.2, 0) is 17.9 Å². The molecule has 0 saturated heterocycles. The zero-order valence-corrected chi connectivity index (χ0v) is 18.9. The fourth-order valence-electron chi connectivity index (χ4n) is 3.60. The van der Waals surface area contributed by atoms with E-state index in [2.05, 4.69) is 9.97 Å². The molecule has 0 aliphatic rings. The molecule has 0 spiro atoms. The standard InChI is InChI=1S/C27H25N3O4/c1-2-24(31)20-12-14-21(15-13-20)34-18-26(32)30(16-19-8-4-3-5-9-19)17-25-28-23-11-7-6-10-22(23)27(33)29-25/h3-15H,2,16-18H2,1H3,(H,28,29,33). The Bertz CT molecular complexity index is 1350. The predicted octanol–water partition coefficient (Wildman–Crippen LogP) is 4.12. The van der Waals surface area contributed by atoms with E-state index in [4.69, 9.17) is 4.74 Å². The number of nitrogens with zero attached hydrogens (tertiary/aromatic N) is 2. The van der Waals surface area contributed by atoms with Gasteiger partial charge in [-0.2, -0.15) is 0 Å². The van der Waals surface area contributed by atoms with Gasteiger partial charge < -0.3 is 14.6 Å². The van der Waals surface area contributed by atoms with Gasteiger partial charge in [0.15, 0.2) is 12.4 Å². The first kappa shape index (κ1) is 22.9. The van der Waals surface area contributed by atoms with Crippen molar-refractivity contribution in [3.63, 3.8) is 0 Å². The van der Waals surface area contributed by atoms with Crippen molar-refractivity contribution in [2.45, 2.75) is 26.4 Å². The van der Waals surface area contributed by atoms with E-state index in [0.717, 1.165) is 5.56 Å². The monoisotopic (exact) mass is 455 g/mol. The predicted molar refractivity (Wildman–Crippen MR) is 130 cm³/mol. The average molecular weight is 456 g/mol. The maximum atomic E-state index is 13.1. The molecule has 0 fully saturated rings. The normalized spacial score (nSPS) is 10.7. The van der Waals surface area contributed by atoms with Crippen LogP contribution in [0.5, 0.6) is 5.75 Å². The Morgan fingerprint density at radius 2 is 1.62 bits per heavy atom. The molecule has 7 nitrogen and oxygen atoms in total. The Balaban J connectivity index is 1.51. The minimum absolute atomic E-state index is 0.0496. The number of carbonyl (C=O) groups excluding carboxylic acids is 2. The zero-order chi connectivity index (χ0) is 23.9. The topological polar surface area (TPSA) is 92.4 Å². The van der Waals surface area contributed by atoms with Crippen molar-refractivity contribution in [1.82, 2.24) is 14.9 Å². The fourth-order valence-corrected chi connectivity index (χ4v) is 3.60. The van der Waals surface area contributed by atoms with Crippen LogP contribution in [0.3, 0.4) is 0 Å². The summed E-state index contributed by atoms with van der Waals surface area (Å²) in [5.41, 5.74) is 1.89. The second-order valence-electron chi connectivity index (χ2n) is 7.85. The molecule has 3 aromatic carbocycles. The maximum absolute atomic E-state index is 13.1. The Morgan fingerprint density at radius 3 is 2.35 bits per heavy atom. The van der Waals surface area contributed by atoms with Gasteiger partial charge in [0.1, 0.15) is 11.6 Å². The number of H-pyrrole nitrogens is 1. The zero-order valence-electron chi connectivity index (χ0n) is 18.9. The number of ketones is 1. The SMILES string of the molecule is CCC(=O)c1ccc(OCC(=O)N(Cc2ccccc2)Cc2nc3ccccc3c(=O)[nH]2)cc1. The van der Waals surface area contributed by atoms with Crippen molar-refractivity contribution in [3.05, 3.63) is 106 Å². The van der Waals surface area contributed by atoms with Gasteiger partial charge in [-0.3, -0.25) is 14.4 Å². The van der Waals surface area contributed by atoms with Crippen molar-refractivity contribution in [2.75, 3.05) is 6.61 Å². The van der Waals surface area contributed by atoms with E-state index >= 15 is 0 Å². The van der Waals surface area contributed by atoms with Crippen LogP contribution in [0.2, 0.25) is 0 Å². The number of aromatic amines is 1. The van der Waals surface area contributed by atoms with E-state index in [1.165, 1.54) is 0 Å². The third-order valence-electron chi connectivity index (χ3n) is 5.43. The van der Waals surface area contributed by atoms with Crippen LogP contribution >= 0.6 is 0 Å². The molecule has 172 valence electrons. The van der Waals surface area contributed by atoms with Crippen molar-refractivity contribution >= 4 is 22.6 Å². The maximum Gasteiger partial charge on any atom is 0.261 e. The van der Waals surface area contributed by atoms with Crippen LogP contribution in [0.25, 0.3) is 10.9 Å². The first-order valence-corrected chi connectivity index (χ1v) is 11.1. The Labute approximate surface area is 197 Å². The summed E-state index contributed by atoms with van der Waals surface area (Å²) in [6, 6.07) is 23.4. The molecule has 34 heavy (non-hydrogen) atoms. The summed E-state index contributed by atoms with van der Waals surface area (Å²) >= 11 is 0. The first-order chi connectivity index (χ1) is 16.5. The molecule has 0 atom stereocenters. The summed E-state index contributed by atoms with van der Waals surface area (Å²) in [6.45, 7) is 2.08.